The molecule has 1 fully saturated rings. The van der Waals surface area contributed by atoms with E-state index < -0.39 is 0 Å². The van der Waals surface area contributed by atoms with Crippen molar-refractivity contribution in [1.29, 1.82) is 0 Å². The number of carbonyl (C=O) groups is 1. The Bertz CT molecular complexity index is 553. The quantitative estimate of drug-likeness (QED) is 0.885. The smallest absolute Gasteiger partial charge is 0.259 e. The summed E-state index contributed by atoms with van der Waals surface area (Å²) in [4.78, 5) is 29.6. The maximum atomic E-state index is 12.7. The van der Waals surface area contributed by atoms with Gasteiger partial charge >= 0.3 is 0 Å². The highest BCUT2D eigenvalue weighted by Gasteiger charge is 2.32. The van der Waals surface area contributed by atoms with E-state index in [9.17, 15) is 9.59 Å². The number of aromatic nitrogens is 1. The van der Waals surface area contributed by atoms with Crippen LogP contribution in [0.1, 0.15) is 48.7 Å². The number of hydrogen-bond donors (Lipinski definition) is 2. The van der Waals surface area contributed by atoms with E-state index in [0.29, 0.717) is 19.0 Å². The SMILES string of the molecule is CCN(C(=O)c1c[nH]c(C)cc1=O)C1CCCCC1CN. The molecule has 5 nitrogen and oxygen atoms in total. The van der Waals surface area contributed by atoms with E-state index in [-0.39, 0.29) is 22.9 Å². The fourth-order valence-corrected chi connectivity index (χ4v) is 3.30. The zero-order valence-electron chi connectivity index (χ0n) is 12.9. The lowest BCUT2D eigenvalue weighted by Gasteiger charge is -2.39. The van der Waals surface area contributed by atoms with Gasteiger partial charge in [0, 0.05) is 30.5 Å². The molecule has 1 amide bonds. The first-order valence-corrected chi connectivity index (χ1v) is 7.78. The van der Waals surface area contributed by atoms with Gasteiger partial charge in [0.25, 0.3) is 5.91 Å². The topological polar surface area (TPSA) is 79.2 Å². The first kappa shape index (κ1) is 15.8. The Balaban J connectivity index is 2.27. The van der Waals surface area contributed by atoms with Crippen molar-refractivity contribution in [2.24, 2.45) is 11.7 Å². The van der Waals surface area contributed by atoms with Crippen LogP contribution in [0.25, 0.3) is 0 Å². The van der Waals surface area contributed by atoms with Crippen LogP contribution in [-0.2, 0) is 0 Å². The van der Waals surface area contributed by atoms with Gasteiger partial charge in [-0.15, -0.1) is 0 Å². The first-order chi connectivity index (χ1) is 10.1. The molecule has 1 aromatic heterocycles. The molecule has 0 spiro atoms. The molecule has 5 heteroatoms. The molecule has 0 bridgehead atoms. The number of nitrogens with zero attached hydrogens (tertiary/aromatic N) is 1. The summed E-state index contributed by atoms with van der Waals surface area (Å²) in [7, 11) is 0. The van der Waals surface area contributed by atoms with E-state index in [2.05, 4.69) is 4.98 Å². The Morgan fingerprint density at radius 1 is 1.43 bits per heavy atom. The van der Waals surface area contributed by atoms with Crippen molar-refractivity contribution in [3.05, 3.63) is 33.7 Å². The Morgan fingerprint density at radius 3 is 2.76 bits per heavy atom. The highest BCUT2D eigenvalue weighted by Crippen LogP contribution is 2.28. The number of amides is 1. The summed E-state index contributed by atoms with van der Waals surface area (Å²) < 4.78 is 0. The van der Waals surface area contributed by atoms with Crippen molar-refractivity contribution in [2.75, 3.05) is 13.1 Å². The number of nitrogens with one attached hydrogen (secondary N) is 1. The molecule has 1 aromatic rings. The molecule has 3 N–H and O–H groups in total. The molecule has 21 heavy (non-hydrogen) atoms. The maximum absolute atomic E-state index is 12.7. The number of pyridine rings is 1. The second-order valence-corrected chi connectivity index (χ2v) is 5.83. The zero-order valence-corrected chi connectivity index (χ0v) is 12.9. The fraction of sp³-hybridized carbons (Fsp3) is 0.625. The van der Waals surface area contributed by atoms with Gasteiger partial charge < -0.3 is 15.6 Å². The molecular formula is C16H25N3O2. The molecule has 2 unspecified atom stereocenters. The van der Waals surface area contributed by atoms with Crippen LogP contribution in [0, 0.1) is 12.8 Å². The molecule has 1 aliphatic rings. The van der Waals surface area contributed by atoms with E-state index in [4.69, 9.17) is 5.73 Å². The van der Waals surface area contributed by atoms with Crippen LogP contribution in [0.4, 0.5) is 0 Å². The predicted molar refractivity (Wildman–Crippen MR) is 83.3 cm³/mol. The average molecular weight is 291 g/mol. The zero-order chi connectivity index (χ0) is 15.4. The molecular weight excluding hydrogens is 266 g/mol. The van der Waals surface area contributed by atoms with Gasteiger partial charge in [0.05, 0.1) is 0 Å². The lowest BCUT2D eigenvalue weighted by atomic mass is 9.83. The number of H-pyrrole nitrogens is 1. The van der Waals surface area contributed by atoms with Crippen molar-refractivity contribution < 1.29 is 4.79 Å². The van der Waals surface area contributed by atoms with E-state index in [1.807, 2.05) is 11.8 Å². The van der Waals surface area contributed by atoms with Crippen molar-refractivity contribution in [3.63, 3.8) is 0 Å². The molecule has 0 radical (unpaired) electrons. The maximum Gasteiger partial charge on any atom is 0.259 e. The van der Waals surface area contributed by atoms with E-state index in [0.717, 1.165) is 25.0 Å². The highest BCUT2D eigenvalue weighted by molar-refractivity contribution is 5.94. The molecule has 0 saturated heterocycles. The third-order valence-electron chi connectivity index (χ3n) is 4.46. The van der Waals surface area contributed by atoms with Crippen LogP contribution in [0.2, 0.25) is 0 Å². The minimum absolute atomic E-state index is 0.155. The first-order valence-electron chi connectivity index (χ1n) is 7.78. The van der Waals surface area contributed by atoms with Gasteiger partial charge in [-0.3, -0.25) is 9.59 Å². The third kappa shape index (κ3) is 3.35. The molecule has 2 rings (SSSR count). The number of carbonyl (C=O) groups excluding carboxylic acids is 1. The van der Waals surface area contributed by atoms with Crippen LogP contribution in [0.5, 0.6) is 0 Å². The summed E-state index contributed by atoms with van der Waals surface area (Å²) in [6.45, 7) is 4.97. The second-order valence-electron chi connectivity index (χ2n) is 5.83. The normalized spacial score (nSPS) is 22.0. The number of aromatic amines is 1. The van der Waals surface area contributed by atoms with Crippen LogP contribution < -0.4 is 11.2 Å². The van der Waals surface area contributed by atoms with E-state index in [1.54, 1.807) is 6.92 Å². The summed E-state index contributed by atoms with van der Waals surface area (Å²) >= 11 is 0. The van der Waals surface area contributed by atoms with Gasteiger partial charge in [0.2, 0.25) is 0 Å². The molecule has 0 aromatic carbocycles. The molecule has 116 valence electrons. The van der Waals surface area contributed by atoms with Crippen molar-refractivity contribution in [1.82, 2.24) is 9.88 Å². The lowest BCUT2D eigenvalue weighted by molar-refractivity contribution is 0.0558. The van der Waals surface area contributed by atoms with Crippen LogP contribution >= 0.6 is 0 Å². The van der Waals surface area contributed by atoms with Gasteiger partial charge in [-0.05, 0) is 39.2 Å². The Kier molecular flexibility index (Phi) is 5.17. The lowest BCUT2D eigenvalue weighted by Crippen LogP contribution is -2.48. The van der Waals surface area contributed by atoms with Crippen molar-refractivity contribution in [3.8, 4) is 0 Å². The van der Waals surface area contributed by atoms with Crippen molar-refractivity contribution in [2.45, 2.75) is 45.6 Å². The molecule has 1 aliphatic carbocycles. The van der Waals surface area contributed by atoms with Crippen LogP contribution in [0.3, 0.4) is 0 Å². The van der Waals surface area contributed by atoms with Crippen LogP contribution in [0.15, 0.2) is 17.1 Å². The molecule has 1 saturated carbocycles. The number of aryl methyl sites for hydroxylation is 1. The fourth-order valence-electron chi connectivity index (χ4n) is 3.30. The minimum atomic E-state index is -0.213. The second kappa shape index (κ2) is 6.89. The van der Waals surface area contributed by atoms with Crippen molar-refractivity contribution >= 4 is 5.91 Å². The number of hydrogen-bond acceptors (Lipinski definition) is 3. The molecule has 0 aliphatic heterocycles. The van der Waals surface area contributed by atoms with Gasteiger partial charge in [-0.2, -0.15) is 0 Å². The van der Waals surface area contributed by atoms with Crippen LogP contribution in [-0.4, -0.2) is 34.9 Å². The van der Waals surface area contributed by atoms with Gasteiger partial charge in [-0.1, -0.05) is 12.8 Å². The van der Waals surface area contributed by atoms with E-state index in [1.165, 1.54) is 18.7 Å². The third-order valence-corrected chi connectivity index (χ3v) is 4.46. The minimum Gasteiger partial charge on any atom is -0.364 e. The summed E-state index contributed by atoms with van der Waals surface area (Å²) in [5, 5.41) is 0. The Labute approximate surface area is 125 Å². The summed E-state index contributed by atoms with van der Waals surface area (Å²) in [6, 6.07) is 1.63. The van der Waals surface area contributed by atoms with Gasteiger partial charge in [-0.25, -0.2) is 0 Å². The largest absolute Gasteiger partial charge is 0.364 e. The predicted octanol–water partition coefficient (Wildman–Crippen LogP) is 1.66. The molecule has 2 atom stereocenters. The monoisotopic (exact) mass is 291 g/mol. The van der Waals surface area contributed by atoms with Gasteiger partial charge in [0.15, 0.2) is 5.43 Å². The Morgan fingerprint density at radius 2 is 2.14 bits per heavy atom. The number of nitrogens with two attached hydrogens (primary N) is 1. The van der Waals surface area contributed by atoms with Gasteiger partial charge in [0.1, 0.15) is 5.56 Å². The standard InChI is InChI=1S/C16H25N3O2/c1-3-19(14-7-5-4-6-12(14)9-17)16(21)13-10-18-11(2)8-15(13)20/h8,10,12,14H,3-7,9,17H2,1-2H3,(H,18,20). The number of rotatable bonds is 4. The molecule has 1 heterocycles. The Hall–Kier alpha value is -1.62. The summed E-state index contributed by atoms with van der Waals surface area (Å²) in [5.41, 5.74) is 6.64. The average Bonchev–Trinajstić information content (AvgIpc) is 2.48. The highest BCUT2D eigenvalue weighted by atomic mass is 16.2. The van der Waals surface area contributed by atoms with E-state index >= 15 is 0 Å². The summed E-state index contributed by atoms with van der Waals surface area (Å²) in [5.74, 6) is 0.163. The summed E-state index contributed by atoms with van der Waals surface area (Å²) in [6.07, 6.45) is 5.87.